The van der Waals surface area contributed by atoms with Gasteiger partial charge in [0.2, 0.25) is 5.95 Å². The second-order valence-electron chi connectivity index (χ2n) is 3.44. The Labute approximate surface area is 83.3 Å². The van der Waals surface area contributed by atoms with Crippen LogP contribution in [0.25, 0.3) is 0 Å². The maximum Gasteiger partial charge on any atom is 0.220 e. The second-order valence-corrected chi connectivity index (χ2v) is 3.44. The van der Waals surface area contributed by atoms with E-state index in [1.165, 1.54) is 0 Å². The van der Waals surface area contributed by atoms with E-state index in [2.05, 4.69) is 20.2 Å². The van der Waals surface area contributed by atoms with Gasteiger partial charge in [-0.1, -0.05) is 0 Å². The molecule has 0 spiro atoms. The Bertz CT molecular complexity index is 319. The minimum atomic E-state index is 0.349. The van der Waals surface area contributed by atoms with Crippen molar-refractivity contribution in [3.8, 4) is 0 Å². The van der Waals surface area contributed by atoms with Gasteiger partial charge in [0.05, 0.1) is 17.6 Å². The van der Waals surface area contributed by atoms with E-state index in [0.29, 0.717) is 5.95 Å². The maximum atomic E-state index is 5.50. The first-order valence-corrected chi connectivity index (χ1v) is 4.82. The predicted molar refractivity (Wildman–Crippen MR) is 56.3 cm³/mol. The fourth-order valence-electron chi connectivity index (χ4n) is 1.69. The zero-order valence-electron chi connectivity index (χ0n) is 8.32. The maximum absolute atomic E-state index is 5.50. The van der Waals surface area contributed by atoms with Crippen molar-refractivity contribution in [3.05, 3.63) is 11.9 Å². The SMILES string of the molecule is Cc1nc(N)ncc1N1CCNCC1. The van der Waals surface area contributed by atoms with Crippen LogP contribution in [0.3, 0.4) is 0 Å². The van der Waals surface area contributed by atoms with Crippen molar-refractivity contribution in [3.63, 3.8) is 0 Å². The van der Waals surface area contributed by atoms with Crippen molar-refractivity contribution in [1.82, 2.24) is 15.3 Å². The number of nitrogen functional groups attached to an aromatic ring is 1. The topological polar surface area (TPSA) is 67.1 Å². The summed E-state index contributed by atoms with van der Waals surface area (Å²) in [7, 11) is 0. The molecular weight excluding hydrogens is 178 g/mol. The lowest BCUT2D eigenvalue weighted by atomic mass is 10.3. The molecule has 0 radical (unpaired) electrons. The molecule has 1 aliphatic heterocycles. The number of hydrogen-bond acceptors (Lipinski definition) is 5. The van der Waals surface area contributed by atoms with E-state index in [-0.39, 0.29) is 0 Å². The van der Waals surface area contributed by atoms with Crippen LogP contribution in [0, 0.1) is 6.92 Å². The molecule has 1 fully saturated rings. The summed E-state index contributed by atoms with van der Waals surface area (Å²) >= 11 is 0. The highest BCUT2D eigenvalue weighted by molar-refractivity contribution is 5.50. The summed E-state index contributed by atoms with van der Waals surface area (Å²) < 4.78 is 0. The van der Waals surface area contributed by atoms with Crippen molar-refractivity contribution in [2.75, 3.05) is 36.8 Å². The molecular formula is C9H15N5. The first-order valence-electron chi connectivity index (χ1n) is 4.82. The van der Waals surface area contributed by atoms with Gasteiger partial charge in [0, 0.05) is 26.2 Å². The number of hydrogen-bond donors (Lipinski definition) is 2. The highest BCUT2D eigenvalue weighted by atomic mass is 15.2. The summed E-state index contributed by atoms with van der Waals surface area (Å²) in [5, 5.41) is 3.31. The van der Waals surface area contributed by atoms with Gasteiger partial charge in [-0.05, 0) is 6.92 Å². The Morgan fingerprint density at radius 1 is 1.43 bits per heavy atom. The summed E-state index contributed by atoms with van der Waals surface area (Å²) in [6.45, 7) is 6.02. The minimum Gasteiger partial charge on any atom is -0.368 e. The van der Waals surface area contributed by atoms with Gasteiger partial charge >= 0.3 is 0 Å². The van der Waals surface area contributed by atoms with Gasteiger partial charge in [0.25, 0.3) is 0 Å². The van der Waals surface area contributed by atoms with Crippen LogP contribution in [0.15, 0.2) is 6.20 Å². The largest absolute Gasteiger partial charge is 0.368 e. The van der Waals surface area contributed by atoms with E-state index in [0.717, 1.165) is 37.6 Å². The van der Waals surface area contributed by atoms with E-state index in [9.17, 15) is 0 Å². The first kappa shape index (κ1) is 9.21. The van der Waals surface area contributed by atoms with Gasteiger partial charge in [-0.3, -0.25) is 0 Å². The lowest BCUT2D eigenvalue weighted by molar-refractivity contribution is 0.587. The van der Waals surface area contributed by atoms with Crippen LogP contribution in [0.1, 0.15) is 5.69 Å². The first-order chi connectivity index (χ1) is 6.77. The molecule has 76 valence electrons. The van der Waals surface area contributed by atoms with Gasteiger partial charge in [-0.25, -0.2) is 9.97 Å². The predicted octanol–water partition coefficient (Wildman–Crippen LogP) is -0.223. The summed E-state index contributed by atoms with van der Waals surface area (Å²) in [5.74, 6) is 0.349. The second kappa shape index (κ2) is 3.79. The molecule has 0 bridgehead atoms. The van der Waals surface area contributed by atoms with E-state index in [1.54, 1.807) is 0 Å². The monoisotopic (exact) mass is 193 g/mol. The molecule has 1 saturated heterocycles. The smallest absolute Gasteiger partial charge is 0.220 e. The number of rotatable bonds is 1. The van der Waals surface area contributed by atoms with Crippen LogP contribution in [-0.4, -0.2) is 36.1 Å². The van der Waals surface area contributed by atoms with Crippen molar-refractivity contribution >= 4 is 11.6 Å². The van der Waals surface area contributed by atoms with Crippen LogP contribution < -0.4 is 16.0 Å². The molecule has 0 unspecified atom stereocenters. The molecule has 0 aliphatic carbocycles. The lowest BCUT2D eigenvalue weighted by Gasteiger charge is -2.29. The normalized spacial score (nSPS) is 17.1. The van der Waals surface area contributed by atoms with E-state index >= 15 is 0 Å². The molecule has 0 amide bonds. The van der Waals surface area contributed by atoms with Crippen LogP contribution >= 0.6 is 0 Å². The Kier molecular flexibility index (Phi) is 2.49. The van der Waals surface area contributed by atoms with Crippen molar-refractivity contribution in [2.24, 2.45) is 0 Å². The average Bonchev–Trinajstić information content (AvgIpc) is 2.19. The number of anilines is 2. The third kappa shape index (κ3) is 1.77. The number of aryl methyl sites for hydroxylation is 1. The minimum absolute atomic E-state index is 0.349. The fraction of sp³-hybridized carbons (Fsp3) is 0.556. The van der Waals surface area contributed by atoms with Crippen molar-refractivity contribution < 1.29 is 0 Å². The van der Waals surface area contributed by atoms with Gasteiger partial charge < -0.3 is 16.0 Å². The Balaban J connectivity index is 2.22. The molecule has 2 rings (SSSR count). The lowest BCUT2D eigenvalue weighted by Crippen LogP contribution is -2.43. The molecule has 1 aliphatic rings. The molecule has 3 N–H and O–H groups in total. The van der Waals surface area contributed by atoms with Gasteiger partial charge in [0.15, 0.2) is 0 Å². The zero-order chi connectivity index (χ0) is 9.97. The molecule has 1 aromatic heterocycles. The number of nitrogens with one attached hydrogen (secondary N) is 1. The Hall–Kier alpha value is -1.36. The molecule has 5 nitrogen and oxygen atoms in total. The number of nitrogens with two attached hydrogens (primary N) is 1. The molecule has 0 saturated carbocycles. The Morgan fingerprint density at radius 2 is 2.14 bits per heavy atom. The summed E-state index contributed by atoms with van der Waals surface area (Å²) in [5.41, 5.74) is 7.56. The molecule has 14 heavy (non-hydrogen) atoms. The van der Waals surface area contributed by atoms with Gasteiger partial charge in [-0.2, -0.15) is 0 Å². The number of nitrogens with zero attached hydrogens (tertiary/aromatic N) is 3. The van der Waals surface area contributed by atoms with Crippen LogP contribution in [0.5, 0.6) is 0 Å². The van der Waals surface area contributed by atoms with Gasteiger partial charge in [0.1, 0.15) is 0 Å². The van der Waals surface area contributed by atoms with Crippen LogP contribution in [0.4, 0.5) is 11.6 Å². The summed E-state index contributed by atoms with van der Waals surface area (Å²) in [6.07, 6.45) is 1.81. The van der Waals surface area contributed by atoms with E-state index < -0.39 is 0 Å². The molecule has 5 heteroatoms. The van der Waals surface area contributed by atoms with Crippen molar-refractivity contribution in [1.29, 1.82) is 0 Å². The number of piperazine rings is 1. The van der Waals surface area contributed by atoms with Crippen molar-refractivity contribution in [2.45, 2.75) is 6.92 Å². The highest BCUT2D eigenvalue weighted by Crippen LogP contribution is 2.17. The zero-order valence-corrected chi connectivity index (χ0v) is 8.32. The van der Waals surface area contributed by atoms with Gasteiger partial charge in [-0.15, -0.1) is 0 Å². The number of aromatic nitrogens is 2. The highest BCUT2D eigenvalue weighted by Gasteiger charge is 2.13. The Morgan fingerprint density at radius 3 is 2.79 bits per heavy atom. The fourth-order valence-corrected chi connectivity index (χ4v) is 1.69. The molecule has 0 atom stereocenters. The third-order valence-electron chi connectivity index (χ3n) is 2.43. The third-order valence-corrected chi connectivity index (χ3v) is 2.43. The average molecular weight is 193 g/mol. The molecule has 2 heterocycles. The summed E-state index contributed by atoms with van der Waals surface area (Å²) in [6, 6.07) is 0. The van der Waals surface area contributed by atoms with Crippen LogP contribution in [-0.2, 0) is 0 Å². The molecule has 1 aromatic rings. The quantitative estimate of drug-likeness (QED) is 0.645. The standard InChI is InChI=1S/C9H15N5/c1-7-8(6-12-9(10)13-7)14-4-2-11-3-5-14/h6,11H,2-5H2,1H3,(H2,10,12,13). The summed E-state index contributed by atoms with van der Waals surface area (Å²) in [4.78, 5) is 10.5. The van der Waals surface area contributed by atoms with E-state index in [1.807, 2.05) is 13.1 Å². The molecule has 0 aromatic carbocycles. The van der Waals surface area contributed by atoms with E-state index in [4.69, 9.17) is 5.73 Å². The van der Waals surface area contributed by atoms with Crippen LogP contribution in [0.2, 0.25) is 0 Å².